The van der Waals surface area contributed by atoms with E-state index in [-0.39, 0.29) is 18.3 Å². The fraction of sp³-hybridized carbons (Fsp3) is 0.217. The molecule has 30 heavy (non-hydrogen) atoms. The van der Waals surface area contributed by atoms with Crippen molar-refractivity contribution in [2.24, 2.45) is 0 Å². The lowest BCUT2D eigenvalue weighted by atomic mass is 10.1. The number of fused-ring (bicyclic) bond motifs is 1. The zero-order valence-corrected chi connectivity index (χ0v) is 17.6. The summed E-state index contributed by atoms with van der Waals surface area (Å²) in [5, 5.41) is 7.18. The lowest BCUT2D eigenvalue weighted by Gasteiger charge is -2.14. The smallest absolute Gasteiger partial charge is 0.289 e. The summed E-state index contributed by atoms with van der Waals surface area (Å²) in [6.07, 6.45) is 1.75. The first-order valence-corrected chi connectivity index (χ1v) is 10.1. The van der Waals surface area contributed by atoms with Crippen LogP contribution in [0.5, 0.6) is 5.75 Å². The van der Waals surface area contributed by atoms with Gasteiger partial charge in [-0.25, -0.2) is 0 Å². The number of aryl methyl sites for hydroxylation is 1. The van der Waals surface area contributed by atoms with Crippen LogP contribution in [0, 0.1) is 0 Å². The monoisotopic (exact) mass is 423 g/mol. The number of benzene rings is 2. The molecule has 0 saturated heterocycles. The average Bonchev–Trinajstić information content (AvgIpc) is 3.38. The Morgan fingerprint density at radius 2 is 1.97 bits per heavy atom. The molecule has 0 fully saturated rings. The topological polar surface area (TPSA) is 60.5 Å². The Bertz CT molecular complexity index is 1180. The van der Waals surface area contributed by atoms with Gasteiger partial charge in [-0.15, -0.1) is 0 Å². The molecular weight excluding hydrogens is 402 g/mol. The number of aromatic nitrogens is 2. The van der Waals surface area contributed by atoms with Crippen LogP contribution in [0.25, 0.3) is 10.8 Å². The average molecular weight is 424 g/mol. The van der Waals surface area contributed by atoms with Crippen molar-refractivity contribution < 1.29 is 13.9 Å². The highest BCUT2D eigenvalue weighted by Gasteiger charge is 2.19. The van der Waals surface area contributed by atoms with Gasteiger partial charge in [0.2, 0.25) is 0 Å². The quantitative estimate of drug-likeness (QED) is 0.412. The van der Waals surface area contributed by atoms with E-state index in [0.29, 0.717) is 23.0 Å². The lowest BCUT2D eigenvalue weighted by molar-refractivity contribution is 0.0747. The van der Waals surface area contributed by atoms with Gasteiger partial charge in [0.15, 0.2) is 5.76 Å². The maximum absolute atomic E-state index is 12.7. The Labute approximate surface area is 179 Å². The van der Waals surface area contributed by atoms with E-state index in [2.05, 4.69) is 11.2 Å². The molecule has 0 spiro atoms. The third-order valence-corrected chi connectivity index (χ3v) is 5.14. The number of hydrogen-bond donors (Lipinski definition) is 0. The minimum Gasteiger partial charge on any atom is -0.486 e. The summed E-state index contributed by atoms with van der Waals surface area (Å²) in [6, 6.07) is 17.4. The molecule has 2 aromatic carbocycles. The van der Waals surface area contributed by atoms with Gasteiger partial charge in [-0.2, -0.15) is 5.10 Å². The SMILES string of the molecule is CCn1cc(Cl)c(CN(C)C(=O)c2ccc(COc3ccc4ccccc4c3)o2)n1. The third-order valence-electron chi connectivity index (χ3n) is 4.82. The Morgan fingerprint density at radius 1 is 1.17 bits per heavy atom. The van der Waals surface area contributed by atoms with Crippen LogP contribution in [0.4, 0.5) is 0 Å². The van der Waals surface area contributed by atoms with Crippen LogP contribution in [-0.2, 0) is 19.7 Å². The number of amides is 1. The van der Waals surface area contributed by atoms with Crippen molar-refractivity contribution in [2.75, 3.05) is 7.05 Å². The van der Waals surface area contributed by atoms with Gasteiger partial charge in [0, 0.05) is 19.8 Å². The molecule has 154 valence electrons. The van der Waals surface area contributed by atoms with E-state index in [1.54, 1.807) is 30.1 Å². The van der Waals surface area contributed by atoms with Gasteiger partial charge in [-0.3, -0.25) is 9.48 Å². The summed E-state index contributed by atoms with van der Waals surface area (Å²) in [6.45, 7) is 3.23. The predicted molar refractivity (Wildman–Crippen MR) is 116 cm³/mol. The van der Waals surface area contributed by atoms with E-state index in [1.165, 1.54) is 4.90 Å². The van der Waals surface area contributed by atoms with Gasteiger partial charge in [0.1, 0.15) is 23.8 Å². The van der Waals surface area contributed by atoms with E-state index in [9.17, 15) is 4.79 Å². The van der Waals surface area contributed by atoms with Crippen molar-refractivity contribution >= 4 is 28.3 Å². The Balaban J connectivity index is 1.38. The first kappa shape index (κ1) is 20.0. The number of nitrogens with zero attached hydrogens (tertiary/aromatic N) is 3. The van der Waals surface area contributed by atoms with Crippen molar-refractivity contribution in [2.45, 2.75) is 26.6 Å². The van der Waals surface area contributed by atoms with Crippen LogP contribution < -0.4 is 4.74 Å². The molecule has 0 bridgehead atoms. The number of ether oxygens (including phenoxy) is 1. The summed E-state index contributed by atoms with van der Waals surface area (Å²) in [5.41, 5.74) is 0.654. The molecule has 6 nitrogen and oxygen atoms in total. The number of furan rings is 1. The summed E-state index contributed by atoms with van der Waals surface area (Å²) in [5.74, 6) is 1.33. The van der Waals surface area contributed by atoms with Crippen molar-refractivity contribution in [3.05, 3.63) is 83.0 Å². The normalized spacial score (nSPS) is 11.0. The molecule has 0 atom stereocenters. The van der Waals surface area contributed by atoms with Gasteiger partial charge in [-0.05, 0) is 42.0 Å². The molecule has 0 saturated carbocycles. The van der Waals surface area contributed by atoms with Crippen LogP contribution in [0.1, 0.15) is 28.9 Å². The van der Waals surface area contributed by atoms with Crippen LogP contribution in [0.2, 0.25) is 5.02 Å². The summed E-state index contributed by atoms with van der Waals surface area (Å²) >= 11 is 6.20. The zero-order chi connectivity index (χ0) is 21.1. The molecule has 2 heterocycles. The van der Waals surface area contributed by atoms with E-state index in [4.69, 9.17) is 20.8 Å². The minimum atomic E-state index is -0.242. The summed E-state index contributed by atoms with van der Waals surface area (Å²) in [7, 11) is 1.69. The van der Waals surface area contributed by atoms with Crippen molar-refractivity contribution in [3.8, 4) is 5.75 Å². The van der Waals surface area contributed by atoms with Crippen LogP contribution in [-0.4, -0.2) is 27.6 Å². The van der Waals surface area contributed by atoms with Crippen molar-refractivity contribution in [1.82, 2.24) is 14.7 Å². The number of hydrogen-bond acceptors (Lipinski definition) is 4. The molecule has 4 aromatic rings. The van der Waals surface area contributed by atoms with Crippen molar-refractivity contribution in [3.63, 3.8) is 0 Å². The molecule has 0 aliphatic rings. The summed E-state index contributed by atoms with van der Waals surface area (Å²) in [4.78, 5) is 14.2. The number of halogens is 1. The van der Waals surface area contributed by atoms with Gasteiger partial charge in [0.25, 0.3) is 5.91 Å². The standard InChI is InChI=1S/C23H22ClN3O3/c1-3-27-13-20(24)21(25-27)14-26(2)23(28)22-11-10-19(30-22)15-29-18-9-8-16-6-4-5-7-17(16)12-18/h4-13H,3,14-15H2,1-2H3. The van der Waals surface area contributed by atoms with Crippen molar-refractivity contribution in [1.29, 1.82) is 0 Å². The highest BCUT2D eigenvalue weighted by Crippen LogP contribution is 2.22. The van der Waals surface area contributed by atoms with E-state index in [0.717, 1.165) is 23.1 Å². The molecule has 0 N–H and O–H groups in total. The van der Waals surface area contributed by atoms with E-state index in [1.807, 2.05) is 43.3 Å². The maximum atomic E-state index is 12.7. The van der Waals surface area contributed by atoms with Crippen LogP contribution in [0.3, 0.4) is 0 Å². The van der Waals surface area contributed by atoms with E-state index >= 15 is 0 Å². The van der Waals surface area contributed by atoms with Gasteiger partial charge < -0.3 is 14.1 Å². The fourth-order valence-corrected chi connectivity index (χ4v) is 3.38. The van der Waals surface area contributed by atoms with Gasteiger partial charge in [-0.1, -0.05) is 41.9 Å². The second kappa shape index (κ2) is 8.63. The predicted octanol–water partition coefficient (Wildman–Crippen LogP) is 5.15. The molecule has 2 aromatic heterocycles. The molecule has 1 amide bonds. The largest absolute Gasteiger partial charge is 0.486 e. The highest BCUT2D eigenvalue weighted by atomic mass is 35.5. The maximum Gasteiger partial charge on any atom is 0.289 e. The molecule has 0 radical (unpaired) electrons. The van der Waals surface area contributed by atoms with Gasteiger partial charge in [0.05, 0.1) is 11.6 Å². The number of rotatable bonds is 7. The second-order valence-corrected chi connectivity index (χ2v) is 7.41. The lowest BCUT2D eigenvalue weighted by Crippen LogP contribution is -2.26. The van der Waals surface area contributed by atoms with E-state index < -0.39 is 0 Å². The van der Waals surface area contributed by atoms with Gasteiger partial charge >= 0.3 is 0 Å². The Kier molecular flexibility index (Phi) is 5.77. The molecule has 7 heteroatoms. The van der Waals surface area contributed by atoms with Crippen LogP contribution in [0.15, 0.2) is 65.2 Å². The molecule has 0 unspecified atom stereocenters. The zero-order valence-electron chi connectivity index (χ0n) is 16.8. The Hall–Kier alpha value is -3.25. The number of carbonyl (C=O) groups excluding carboxylic acids is 1. The molecule has 0 aliphatic heterocycles. The van der Waals surface area contributed by atoms with Crippen LogP contribution >= 0.6 is 11.6 Å². The minimum absolute atomic E-state index is 0.238. The molecule has 0 aliphatic carbocycles. The Morgan fingerprint density at radius 3 is 2.73 bits per heavy atom. The number of carbonyl (C=O) groups is 1. The third kappa shape index (κ3) is 4.33. The highest BCUT2D eigenvalue weighted by molar-refractivity contribution is 6.31. The molecule has 4 rings (SSSR count). The fourth-order valence-electron chi connectivity index (χ4n) is 3.17. The first-order chi connectivity index (χ1) is 14.5. The second-order valence-electron chi connectivity index (χ2n) is 7.00. The molecular formula is C23H22ClN3O3. The first-order valence-electron chi connectivity index (χ1n) is 9.71. The summed E-state index contributed by atoms with van der Waals surface area (Å²) < 4.78 is 13.3.